The van der Waals surface area contributed by atoms with Crippen molar-refractivity contribution in [2.75, 3.05) is 17.2 Å². The number of nitrogens with zero attached hydrogens (tertiary/aromatic N) is 2. The normalized spacial score (nSPS) is 19.1. The quantitative estimate of drug-likeness (QED) is 0.815. The highest BCUT2D eigenvalue weighted by Crippen LogP contribution is 2.35. The fraction of sp³-hybridized carbons (Fsp3) is 0.500. The number of pyridine rings is 1. The van der Waals surface area contributed by atoms with Gasteiger partial charge in [-0.3, -0.25) is 9.69 Å². The van der Waals surface area contributed by atoms with E-state index >= 15 is 0 Å². The first-order chi connectivity index (χ1) is 9.81. The number of ether oxygens (including phenoxy) is 1. The number of aromatic nitrogens is 1. The van der Waals surface area contributed by atoms with Crippen LogP contribution in [-0.4, -0.2) is 28.5 Å². The minimum Gasteiger partial charge on any atom is -0.476 e. The van der Waals surface area contributed by atoms with E-state index in [1.807, 2.05) is 20.8 Å². The van der Waals surface area contributed by atoms with Crippen molar-refractivity contribution in [3.8, 4) is 5.75 Å². The number of thiocarbonyl (C=S) groups is 1. The fourth-order valence-corrected chi connectivity index (χ4v) is 2.22. The van der Waals surface area contributed by atoms with Crippen molar-refractivity contribution in [1.82, 2.24) is 4.98 Å². The van der Waals surface area contributed by atoms with E-state index in [1.165, 1.54) is 0 Å². The molecular formula is C14H20N4O2S. The predicted octanol–water partition coefficient (Wildman–Crippen LogP) is 1.34. The van der Waals surface area contributed by atoms with Crippen molar-refractivity contribution in [3.63, 3.8) is 0 Å². The van der Waals surface area contributed by atoms with Gasteiger partial charge in [-0.2, -0.15) is 0 Å². The zero-order valence-electron chi connectivity index (χ0n) is 12.4. The van der Waals surface area contributed by atoms with Crippen molar-refractivity contribution in [2.45, 2.75) is 26.9 Å². The van der Waals surface area contributed by atoms with Crippen LogP contribution in [-0.2, 0) is 4.79 Å². The second-order valence-electron chi connectivity index (χ2n) is 5.59. The molecule has 1 aliphatic heterocycles. The van der Waals surface area contributed by atoms with E-state index in [4.69, 9.17) is 28.4 Å². The summed E-state index contributed by atoms with van der Waals surface area (Å²) in [4.78, 5) is 18.8. The number of carbonyl (C=O) groups is 1. The highest BCUT2D eigenvalue weighted by Gasteiger charge is 2.38. The minimum absolute atomic E-state index is 0.0471. The SMILES string of the molecule is CC(CN1C(=O)C(C(C)C)Oc2ccc(N)nc21)C(N)=S. The van der Waals surface area contributed by atoms with Gasteiger partial charge in [-0.1, -0.05) is 33.0 Å². The van der Waals surface area contributed by atoms with Crippen LogP contribution in [0, 0.1) is 11.8 Å². The maximum Gasteiger partial charge on any atom is 0.269 e. The number of anilines is 2. The molecule has 1 aromatic rings. The van der Waals surface area contributed by atoms with Crippen LogP contribution in [0.4, 0.5) is 11.6 Å². The Morgan fingerprint density at radius 2 is 2.14 bits per heavy atom. The predicted molar refractivity (Wildman–Crippen MR) is 86.2 cm³/mol. The molecule has 6 nitrogen and oxygen atoms in total. The number of hydrogen-bond donors (Lipinski definition) is 2. The Hall–Kier alpha value is -1.89. The largest absolute Gasteiger partial charge is 0.476 e. The highest BCUT2D eigenvalue weighted by atomic mass is 32.1. The first kappa shape index (κ1) is 15.5. The lowest BCUT2D eigenvalue weighted by Gasteiger charge is -2.36. The van der Waals surface area contributed by atoms with Crippen molar-refractivity contribution < 1.29 is 9.53 Å². The van der Waals surface area contributed by atoms with E-state index in [-0.39, 0.29) is 17.7 Å². The molecule has 2 rings (SSSR count). The topological polar surface area (TPSA) is 94.5 Å². The molecule has 0 fully saturated rings. The van der Waals surface area contributed by atoms with E-state index < -0.39 is 6.10 Å². The van der Waals surface area contributed by atoms with Crippen LogP contribution < -0.4 is 21.1 Å². The number of nitrogens with two attached hydrogens (primary N) is 2. The first-order valence-corrected chi connectivity index (χ1v) is 7.26. The first-order valence-electron chi connectivity index (χ1n) is 6.85. The Morgan fingerprint density at radius 3 is 2.71 bits per heavy atom. The summed E-state index contributed by atoms with van der Waals surface area (Å²) in [5, 5.41) is 0. The van der Waals surface area contributed by atoms with Gasteiger partial charge < -0.3 is 16.2 Å². The maximum absolute atomic E-state index is 12.6. The van der Waals surface area contributed by atoms with Crippen molar-refractivity contribution >= 4 is 34.7 Å². The summed E-state index contributed by atoms with van der Waals surface area (Å²) >= 11 is 4.99. The second-order valence-corrected chi connectivity index (χ2v) is 6.06. The van der Waals surface area contributed by atoms with Gasteiger partial charge in [0.2, 0.25) is 0 Å². The molecular weight excluding hydrogens is 288 g/mol. The molecule has 114 valence electrons. The number of amides is 1. The molecule has 0 saturated heterocycles. The van der Waals surface area contributed by atoms with E-state index in [9.17, 15) is 4.79 Å². The highest BCUT2D eigenvalue weighted by molar-refractivity contribution is 7.80. The molecule has 1 aliphatic rings. The van der Waals surface area contributed by atoms with Gasteiger partial charge in [0.25, 0.3) is 5.91 Å². The Balaban J connectivity index is 2.42. The van der Waals surface area contributed by atoms with Crippen molar-refractivity contribution in [2.24, 2.45) is 17.6 Å². The van der Waals surface area contributed by atoms with E-state index in [0.717, 1.165) is 0 Å². The molecule has 7 heteroatoms. The van der Waals surface area contributed by atoms with Crippen molar-refractivity contribution in [1.29, 1.82) is 0 Å². The Bertz CT molecular complexity index is 576. The summed E-state index contributed by atoms with van der Waals surface area (Å²) in [5.74, 6) is 1.11. The molecule has 2 heterocycles. The molecule has 2 unspecified atom stereocenters. The van der Waals surface area contributed by atoms with Crippen LogP contribution in [0.5, 0.6) is 5.75 Å². The fourth-order valence-electron chi connectivity index (χ4n) is 2.14. The molecule has 1 amide bonds. The molecule has 0 spiro atoms. The van der Waals surface area contributed by atoms with E-state index in [2.05, 4.69) is 4.98 Å². The number of hydrogen-bond acceptors (Lipinski definition) is 5. The van der Waals surface area contributed by atoms with E-state index in [0.29, 0.717) is 28.9 Å². The van der Waals surface area contributed by atoms with Crippen LogP contribution in [0.25, 0.3) is 0 Å². The Labute approximate surface area is 129 Å². The summed E-state index contributed by atoms with van der Waals surface area (Å²) in [7, 11) is 0. The lowest BCUT2D eigenvalue weighted by atomic mass is 10.0. The molecule has 0 radical (unpaired) electrons. The van der Waals surface area contributed by atoms with Crippen LogP contribution in [0.2, 0.25) is 0 Å². The average molecular weight is 308 g/mol. The summed E-state index contributed by atoms with van der Waals surface area (Å²) in [5.41, 5.74) is 11.4. The summed E-state index contributed by atoms with van der Waals surface area (Å²) < 4.78 is 5.76. The second kappa shape index (κ2) is 5.85. The third-order valence-electron chi connectivity index (χ3n) is 3.43. The van der Waals surface area contributed by atoms with Crippen LogP contribution in [0.15, 0.2) is 12.1 Å². The lowest BCUT2D eigenvalue weighted by Crippen LogP contribution is -2.51. The van der Waals surface area contributed by atoms with Gasteiger partial charge in [0, 0.05) is 12.5 Å². The zero-order valence-corrected chi connectivity index (χ0v) is 13.2. The molecule has 21 heavy (non-hydrogen) atoms. The molecule has 0 aliphatic carbocycles. The zero-order chi connectivity index (χ0) is 15.7. The third-order valence-corrected chi connectivity index (χ3v) is 3.83. The summed E-state index contributed by atoms with van der Waals surface area (Å²) in [6, 6.07) is 3.39. The number of nitrogen functional groups attached to an aromatic ring is 1. The number of carbonyl (C=O) groups excluding carboxylic acids is 1. The summed E-state index contributed by atoms with van der Waals surface area (Å²) in [6.45, 7) is 6.12. The molecule has 0 aromatic carbocycles. The monoisotopic (exact) mass is 308 g/mol. The molecule has 0 bridgehead atoms. The molecule has 4 N–H and O–H groups in total. The van der Waals surface area contributed by atoms with Crippen LogP contribution >= 0.6 is 12.2 Å². The van der Waals surface area contributed by atoms with Gasteiger partial charge in [0.05, 0.1) is 4.99 Å². The van der Waals surface area contributed by atoms with Gasteiger partial charge in [0.1, 0.15) is 5.82 Å². The van der Waals surface area contributed by atoms with Gasteiger partial charge in [-0.05, 0) is 18.1 Å². The van der Waals surface area contributed by atoms with Crippen LogP contribution in [0.1, 0.15) is 20.8 Å². The smallest absolute Gasteiger partial charge is 0.269 e. The molecule has 0 saturated carbocycles. The van der Waals surface area contributed by atoms with E-state index in [1.54, 1.807) is 17.0 Å². The van der Waals surface area contributed by atoms with Gasteiger partial charge in [0.15, 0.2) is 17.7 Å². The molecule has 1 aromatic heterocycles. The Kier molecular flexibility index (Phi) is 4.32. The van der Waals surface area contributed by atoms with Gasteiger partial charge in [-0.15, -0.1) is 0 Å². The van der Waals surface area contributed by atoms with Crippen LogP contribution in [0.3, 0.4) is 0 Å². The minimum atomic E-state index is -0.540. The molecule has 2 atom stereocenters. The average Bonchev–Trinajstić information content (AvgIpc) is 2.41. The van der Waals surface area contributed by atoms with Crippen molar-refractivity contribution in [3.05, 3.63) is 12.1 Å². The maximum atomic E-state index is 12.6. The third kappa shape index (κ3) is 3.07. The number of rotatable bonds is 4. The summed E-state index contributed by atoms with van der Waals surface area (Å²) in [6.07, 6.45) is -0.540. The lowest BCUT2D eigenvalue weighted by molar-refractivity contribution is -0.128. The Morgan fingerprint density at radius 1 is 1.48 bits per heavy atom. The van der Waals surface area contributed by atoms with Gasteiger partial charge in [-0.25, -0.2) is 4.98 Å². The standard InChI is InChI=1S/C14H20N4O2S/c1-7(2)11-14(19)18(6-8(3)12(16)21)13-9(20-11)4-5-10(15)17-13/h4-5,7-8,11H,6H2,1-3H3,(H2,15,17)(H2,16,21). The number of fused-ring (bicyclic) bond motifs is 1. The van der Waals surface area contributed by atoms with Gasteiger partial charge >= 0.3 is 0 Å².